The predicted molar refractivity (Wildman–Crippen MR) is 101 cm³/mol. The molecule has 0 spiro atoms. The van der Waals surface area contributed by atoms with Crippen molar-refractivity contribution in [2.24, 2.45) is 0 Å². The van der Waals surface area contributed by atoms with E-state index in [0.29, 0.717) is 13.1 Å². The van der Waals surface area contributed by atoms with Crippen LogP contribution >= 0.6 is 15.9 Å². The molecule has 0 saturated carbocycles. The molecule has 2 aromatic carbocycles. The Morgan fingerprint density at radius 1 is 1.04 bits per heavy atom. The average Bonchev–Trinajstić information content (AvgIpc) is 2.62. The molecular weight excluding hydrogens is 366 g/mol. The summed E-state index contributed by atoms with van der Waals surface area (Å²) >= 11 is 3.46. The fourth-order valence-corrected chi connectivity index (χ4v) is 3.12. The van der Waals surface area contributed by atoms with Gasteiger partial charge in [-0.1, -0.05) is 46.3 Å². The highest BCUT2D eigenvalue weighted by Crippen LogP contribution is 2.21. The second-order valence-corrected chi connectivity index (χ2v) is 6.88. The second kappa shape index (κ2) is 8.42. The number of halogens is 1. The summed E-state index contributed by atoms with van der Waals surface area (Å²) in [6.07, 6.45) is 0. The Labute approximate surface area is 151 Å². The van der Waals surface area contributed by atoms with Crippen molar-refractivity contribution in [1.82, 2.24) is 10.2 Å². The first-order chi connectivity index (χ1) is 11.7. The van der Waals surface area contributed by atoms with E-state index in [-0.39, 0.29) is 5.91 Å². The lowest BCUT2D eigenvalue weighted by molar-refractivity contribution is -0.120. The molecule has 0 aliphatic carbocycles. The quantitative estimate of drug-likeness (QED) is 0.856. The second-order valence-electron chi connectivity index (χ2n) is 5.97. The van der Waals surface area contributed by atoms with Crippen LogP contribution in [0.15, 0.2) is 59.1 Å². The number of benzene rings is 2. The van der Waals surface area contributed by atoms with Gasteiger partial charge < -0.3 is 10.2 Å². The summed E-state index contributed by atoms with van der Waals surface area (Å²) in [4.78, 5) is 17.1. The number of rotatable bonds is 5. The first-order valence-corrected chi connectivity index (χ1v) is 9.04. The van der Waals surface area contributed by atoms with Crippen LogP contribution in [0.4, 0.5) is 5.69 Å². The first-order valence-electron chi connectivity index (χ1n) is 8.25. The molecule has 2 aromatic rings. The number of piperazine rings is 1. The summed E-state index contributed by atoms with van der Waals surface area (Å²) in [6, 6.07) is 18.1. The Bertz CT molecular complexity index is 654. The molecule has 0 radical (unpaired) electrons. The lowest BCUT2D eigenvalue weighted by Gasteiger charge is -2.30. The third kappa shape index (κ3) is 4.66. The fourth-order valence-electron chi connectivity index (χ4n) is 2.86. The lowest BCUT2D eigenvalue weighted by atomic mass is 10.2. The van der Waals surface area contributed by atoms with Crippen molar-refractivity contribution in [2.45, 2.75) is 6.54 Å². The predicted octanol–water partition coefficient (Wildman–Crippen LogP) is 2.89. The summed E-state index contributed by atoms with van der Waals surface area (Å²) in [7, 11) is 0. The Kier molecular flexibility index (Phi) is 6.01. The molecule has 126 valence electrons. The number of hydrogen-bond donors (Lipinski definition) is 1. The van der Waals surface area contributed by atoms with E-state index in [1.165, 1.54) is 0 Å². The molecule has 1 amide bonds. The van der Waals surface area contributed by atoms with Crippen LogP contribution < -0.4 is 10.2 Å². The molecule has 1 fully saturated rings. The van der Waals surface area contributed by atoms with Crippen molar-refractivity contribution >= 4 is 27.5 Å². The molecule has 0 aromatic heterocycles. The van der Waals surface area contributed by atoms with Crippen LogP contribution in [0.2, 0.25) is 0 Å². The topological polar surface area (TPSA) is 35.6 Å². The molecule has 1 saturated heterocycles. The summed E-state index contributed by atoms with van der Waals surface area (Å²) in [5, 5.41) is 3.32. The Balaban J connectivity index is 1.77. The van der Waals surface area contributed by atoms with Gasteiger partial charge in [0.05, 0.1) is 13.1 Å². The van der Waals surface area contributed by atoms with E-state index in [9.17, 15) is 4.79 Å². The van der Waals surface area contributed by atoms with E-state index in [1.54, 1.807) is 0 Å². The molecule has 1 aliphatic heterocycles. The molecule has 1 aliphatic rings. The van der Waals surface area contributed by atoms with Gasteiger partial charge in [-0.15, -0.1) is 0 Å². The highest BCUT2D eigenvalue weighted by Gasteiger charge is 2.20. The number of carbonyl (C=O) groups excluding carboxylic acids is 1. The monoisotopic (exact) mass is 387 g/mol. The summed E-state index contributed by atoms with van der Waals surface area (Å²) < 4.78 is 1.01. The van der Waals surface area contributed by atoms with Crippen LogP contribution in [0.1, 0.15) is 5.56 Å². The molecular formula is C19H22BrN3O. The number of carbonyl (C=O) groups is 1. The minimum atomic E-state index is 0.142. The fraction of sp³-hybridized carbons (Fsp3) is 0.316. The van der Waals surface area contributed by atoms with E-state index >= 15 is 0 Å². The van der Waals surface area contributed by atoms with Gasteiger partial charge in [0, 0.05) is 36.3 Å². The summed E-state index contributed by atoms with van der Waals surface area (Å²) in [5.41, 5.74) is 2.07. The van der Waals surface area contributed by atoms with Gasteiger partial charge in [-0.2, -0.15) is 0 Å². The van der Waals surface area contributed by atoms with Gasteiger partial charge in [0.25, 0.3) is 0 Å². The molecule has 24 heavy (non-hydrogen) atoms. The lowest BCUT2D eigenvalue weighted by Crippen LogP contribution is -2.48. The largest absolute Gasteiger partial charge is 0.314 e. The number of anilines is 1. The minimum absolute atomic E-state index is 0.142. The number of nitrogens with zero attached hydrogens (tertiary/aromatic N) is 2. The van der Waals surface area contributed by atoms with Gasteiger partial charge in [-0.05, 0) is 29.8 Å². The Morgan fingerprint density at radius 3 is 2.38 bits per heavy atom. The van der Waals surface area contributed by atoms with Gasteiger partial charge in [-0.25, -0.2) is 0 Å². The van der Waals surface area contributed by atoms with Crippen LogP contribution in [-0.2, 0) is 11.3 Å². The van der Waals surface area contributed by atoms with Gasteiger partial charge in [-0.3, -0.25) is 9.69 Å². The molecule has 1 N–H and O–H groups in total. The van der Waals surface area contributed by atoms with Crippen molar-refractivity contribution in [3.05, 3.63) is 64.6 Å². The minimum Gasteiger partial charge on any atom is -0.314 e. The molecule has 4 nitrogen and oxygen atoms in total. The zero-order valence-corrected chi connectivity index (χ0v) is 15.2. The van der Waals surface area contributed by atoms with Crippen molar-refractivity contribution in [3.8, 4) is 0 Å². The van der Waals surface area contributed by atoms with E-state index in [4.69, 9.17) is 0 Å². The van der Waals surface area contributed by atoms with Crippen LogP contribution in [-0.4, -0.2) is 43.5 Å². The average molecular weight is 388 g/mol. The van der Waals surface area contributed by atoms with E-state index < -0.39 is 0 Å². The van der Waals surface area contributed by atoms with E-state index in [2.05, 4.69) is 38.3 Å². The first kappa shape index (κ1) is 17.1. The molecule has 3 rings (SSSR count). The number of amides is 1. The van der Waals surface area contributed by atoms with Gasteiger partial charge >= 0.3 is 0 Å². The van der Waals surface area contributed by atoms with Crippen LogP contribution in [0, 0.1) is 0 Å². The maximum atomic E-state index is 13.0. The van der Waals surface area contributed by atoms with Crippen LogP contribution in [0.3, 0.4) is 0 Å². The molecule has 0 atom stereocenters. The van der Waals surface area contributed by atoms with Crippen molar-refractivity contribution in [2.75, 3.05) is 37.6 Å². The third-order valence-corrected chi connectivity index (χ3v) is 4.72. The highest BCUT2D eigenvalue weighted by molar-refractivity contribution is 9.10. The molecule has 1 heterocycles. The van der Waals surface area contributed by atoms with Crippen LogP contribution in [0.5, 0.6) is 0 Å². The zero-order chi connectivity index (χ0) is 16.8. The summed E-state index contributed by atoms with van der Waals surface area (Å²) in [6.45, 7) is 4.79. The Hall–Kier alpha value is -1.69. The van der Waals surface area contributed by atoms with E-state index in [0.717, 1.165) is 41.9 Å². The highest BCUT2D eigenvalue weighted by atomic mass is 79.9. The zero-order valence-electron chi connectivity index (χ0n) is 13.6. The molecule has 0 unspecified atom stereocenters. The van der Waals surface area contributed by atoms with Gasteiger partial charge in [0.1, 0.15) is 0 Å². The molecule has 0 bridgehead atoms. The molecule has 5 heteroatoms. The van der Waals surface area contributed by atoms with Crippen LogP contribution in [0.25, 0.3) is 0 Å². The third-order valence-electron chi connectivity index (χ3n) is 4.19. The Morgan fingerprint density at radius 2 is 1.71 bits per heavy atom. The maximum Gasteiger partial charge on any atom is 0.241 e. The van der Waals surface area contributed by atoms with Crippen molar-refractivity contribution in [1.29, 1.82) is 0 Å². The SMILES string of the molecule is O=C(CN1CCNCC1)N(Cc1ccccc1)c1ccc(Br)cc1. The normalized spacial score (nSPS) is 15.2. The maximum absolute atomic E-state index is 13.0. The number of hydrogen-bond acceptors (Lipinski definition) is 3. The standard InChI is InChI=1S/C19H22BrN3O/c20-17-6-8-18(9-7-17)23(14-16-4-2-1-3-5-16)19(24)15-22-12-10-21-11-13-22/h1-9,21H,10-15H2. The van der Waals surface area contributed by atoms with E-state index in [1.807, 2.05) is 47.4 Å². The van der Waals surface area contributed by atoms with Gasteiger partial charge in [0.2, 0.25) is 5.91 Å². The number of nitrogens with one attached hydrogen (secondary N) is 1. The van der Waals surface area contributed by atoms with Crippen molar-refractivity contribution in [3.63, 3.8) is 0 Å². The van der Waals surface area contributed by atoms with Gasteiger partial charge in [0.15, 0.2) is 0 Å². The summed E-state index contributed by atoms with van der Waals surface area (Å²) in [5.74, 6) is 0.142. The van der Waals surface area contributed by atoms with Crippen molar-refractivity contribution < 1.29 is 4.79 Å². The smallest absolute Gasteiger partial charge is 0.241 e.